The van der Waals surface area contributed by atoms with Crippen molar-refractivity contribution in [3.8, 4) is 6.07 Å². The van der Waals surface area contributed by atoms with Gasteiger partial charge in [-0.05, 0) is 25.5 Å². The van der Waals surface area contributed by atoms with E-state index in [0.29, 0.717) is 28.6 Å². The van der Waals surface area contributed by atoms with Gasteiger partial charge in [-0.1, -0.05) is 35.0 Å². The van der Waals surface area contributed by atoms with Gasteiger partial charge in [0.2, 0.25) is 0 Å². The van der Waals surface area contributed by atoms with Crippen molar-refractivity contribution in [2.75, 3.05) is 6.61 Å². The van der Waals surface area contributed by atoms with E-state index in [1.165, 1.54) is 0 Å². The van der Waals surface area contributed by atoms with E-state index in [1.54, 1.807) is 24.6 Å². The van der Waals surface area contributed by atoms with E-state index in [4.69, 9.17) is 16.3 Å². The van der Waals surface area contributed by atoms with Gasteiger partial charge >= 0.3 is 5.97 Å². The van der Waals surface area contributed by atoms with Crippen LogP contribution in [-0.2, 0) is 16.1 Å². The molecule has 0 aliphatic heterocycles. The second-order valence-electron chi connectivity index (χ2n) is 5.48. The highest BCUT2D eigenvalue weighted by molar-refractivity contribution is 6.31. The van der Waals surface area contributed by atoms with E-state index >= 15 is 0 Å². The number of aryl methyl sites for hydroxylation is 1. The monoisotopic (exact) mass is 370 g/mol. The Morgan fingerprint density at radius 3 is 2.85 bits per heavy atom. The van der Waals surface area contributed by atoms with Gasteiger partial charge in [-0.15, -0.1) is 5.10 Å². The summed E-state index contributed by atoms with van der Waals surface area (Å²) < 4.78 is 6.53. The molecule has 26 heavy (non-hydrogen) atoms. The fourth-order valence-corrected chi connectivity index (χ4v) is 2.73. The zero-order valence-corrected chi connectivity index (χ0v) is 14.9. The first kappa shape index (κ1) is 17.8. The minimum absolute atomic E-state index is 0.170. The highest BCUT2D eigenvalue weighted by atomic mass is 35.5. The molecule has 0 spiro atoms. The Morgan fingerprint density at radius 1 is 1.38 bits per heavy atom. The molecule has 0 N–H and O–H groups in total. The van der Waals surface area contributed by atoms with Crippen molar-refractivity contribution in [3.05, 3.63) is 46.4 Å². The van der Waals surface area contributed by atoms with E-state index in [0.717, 1.165) is 5.56 Å². The second-order valence-corrected chi connectivity index (χ2v) is 5.89. The Balaban J connectivity index is 2.08. The summed E-state index contributed by atoms with van der Waals surface area (Å²) in [7, 11) is 0. The Kier molecular flexibility index (Phi) is 5.09. The van der Waals surface area contributed by atoms with Crippen LogP contribution in [0.25, 0.3) is 11.2 Å². The smallest absolute Gasteiger partial charge is 0.329 e. The van der Waals surface area contributed by atoms with E-state index < -0.39 is 11.9 Å². The number of carbonyl (C=O) groups excluding carboxylic acids is 1. The van der Waals surface area contributed by atoms with Crippen molar-refractivity contribution in [1.82, 2.24) is 25.0 Å². The van der Waals surface area contributed by atoms with Crippen LogP contribution in [0.4, 0.5) is 0 Å². The second kappa shape index (κ2) is 7.45. The van der Waals surface area contributed by atoms with Crippen molar-refractivity contribution in [1.29, 1.82) is 5.26 Å². The molecule has 0 amide bonds. The average Bonchev–Trinajstić information content (AvgIpc) is 3.00. The van der Waals surface area contributed by atoms with Gasteiger partial charge in [0, 0.05) is 5.02 Å². The van der Waals surface area contributed by atoms with Crippen LogP contribution in [0.3, 0.4) is 0 Å². The molecule has 3 rings (SSSR count). The number of hydrogen-bond donors (Lipinski definition) is 0. The molecule has 2 aromatic heterocycles. The standard InChI is InChI=1S/C17H15ClN6O2/c1-3-26-17(25)12(8-19)14-15-16(21-10(2)20-14)24(23-22-15)9-11-6-4-5-7-13(11)18/h4-7,12H,3,9H2,1-2H3/t12-/m0/s1. The minimum atomic E-state index is -1.19. The largest absolute Gasteiger partial charge is 0.465 e. The van der Waals surface area contributed by atoms with Crippen LogP contribution in [0.2, 0.25) is 5.02 Å². The number of carbonyl (C=O) groups is 1. The third-order valence-corrected chi connectivity index (χ3v) is 4.07. The maximum absolute atomic E-state index is 12.1. The number of rotatable bonds is 5. The summed E-state index contributed by atoms with van der Waals surface area (Å²) in [5, 5.41) is 18.2. The molecule has 1 atom stereocenters. The van der Waals surface area contributed by atoms with Gasteiger partial charge in [0.15, 0.2) is 17.1 Å². The molecule has 0 fully saturated rings. The lowest BCUT2D eigenvalue weighted by Gasteiger charge is -2.09. The molecule has 132 valence electrons. The third kappa shape index (κ3) is 3.34. The fraction of sp³-hybridized carbons (Fsp3) is 0.294. The van der Waals surface area contributed by atoms with Gasteiger partial charge < -0.3 is 4.74 Å². The van der Waals surface area contributed by atoms with Crippen LogP contribution < -0.4 is 0 Å². The molecule has 0 saturated carbocycles. The number of ether oxygens (including phenoxy) is 1. The number of nitriles is 1. The van der Waals surface area contributed by atoms with Crippen LogP contribution in [0.5, 0.6) is 0 Å². The number of halogens is 1. The van der Waals surface area contributed by atoms with Crippen LogP contribution in [0.15, 0.2) is 24.3 Å². The predicted octanol–water partition coefficient (Wildman–Crippen LogP) is 2.40. The van der Waals surface area contributed by atoms with Gasteiger partial charge in [-0.25, -0.2) is 14.6 Å². The molecule has 0 radical (unpaired) electrons. The Labute approximate surface area is 154 Å². The lowest BCUT2D eigenvalue weighted by Crippen LogP contribution is -2.17. The fourth-order valence-electron chi connectivity index (χ4n) is 2.54. The average molecular weight is 371 g/mol. The van der Waals surface area contributed by atoms with Crippen molar-refractivity contribution in [3.63, 3.8) is 0 Å². The molecule has 0 bridgehead atoms. The van der Waals surface area contributed by atoms with E-state index in [2.05, 4.69) is 20.3 Å². The molecule has 0 saturated heterocycles. The Hall–Kier alpha value is -3.05. The minimum Gasteiger partial charge on any atom is -0.465 e. The molecule has 3 aromatic rings. The molecular weight excluding hydrogens is 356 g/mol. The molecule has 0 unspecified atom stereocenters. The number of benzene rings is 1. The summed E-state index contributed by atoms with van der Waals surface area (Å²) >= 11 is 6.21. The summed E-state index contributed by atoms with van der Waals surface area (Å²) in [6.45, 7) is 3.87. The maximum atomic E-state index is 12.1. The Bertz CT molecular complexity index is 1010. The van der Waals surface area contributed by atoms with Crippen LogP contribution in [0.1, 0.15) is 29.9 Å². The van der Waals surface area contributed by atoms with Gasteiger partial charge in [-0.2, -0.15) is 5.26 Å². The normalized spacial score (nSPS) is 11.9. The zero-order chi connectivity index (χ0) is 18.7. The number of fused-ring (bicyclic) bond motifs is 1. The number of esters is 1. The lowest BCUT2D eigenvalue weighted by molar-refractivity contribution is -0.143. The lowest BCUT2D eigenvalue weighted by atomic mass is 10.1. The molecule has 2 heterocycles. The maximum Gasteiger partial charge on any atom is 0.329 e. The highest BCUT2D eigenvalue weighted by Gasteiger charge is 2.28. The van der Waals surface area contributed by atoms with Gasteiger partial charge in [-0.3, -0.25) is 4.79 Å². The quantitative estimate of drug-likeness (QED) is 0.634. The molecule has 9 heteroatoms. The van der Waals surface area contributed by atoms with Crippen molar-refractivity contribution >= 4 is 28.7 Å². The molecule has 0 aliphatic rings. The van der Waals surface area contributed by atoms with Gasteiger partial charge in [0.25, 0.3) is 0 Å². The van der Waals surface area contributed by atoms with Crippen LogP contribution >= 0.6 is 11.6 Å². The summed E-state index contributed by atoms with van der Waals surface area (Å²) in [6, 6.07) is 9.30. The summed E-state index contributed by atoms with van der Waals surface area (Å²) in [4.78, 5) is 20.7. The van der Waals surface area contributed by atoms with Gasteiger partial charge in [0.05, 0.1) is 19.2 Å². The SMILES string of the molecule is CCOC(=O)[C@@H](C#N)c1nc(C)nc2c1nnn2Cc1ccccc1Cl. The number of hydrogen-bond acceptors (Lipinski definition) is 7. The molecular formula is C17H15ClN6O2. The summed E-state index contributed by atoms with van der Waals surface area (Å²) in [5.41, 5.74) is 1.76. The summed E-state index contributed by atoms with van der Waals surface area (Å²) in [6.07, 6.45) is 0. The first-order valence-corrected chi connectivity index (χ1v) is 8.30. The molecule has 0 aliphatic carbocycles. The Morgan fingerprint density at radius 2 is 2.15 bits per heavy atom. The zero-order valence-electron chi connectivity index (χ0n) is 14.2. The third-order valence-electron chi connectivity index (χ3n) is 3.70. The molecule has 8 nitrogen and oxygen atoms in total. The van der Waals surface area contributed by atoms with Crippen molar-refractivity contribution < 1.29 is 9.53 Å². The van der Waals surface area contributed by atoms with Gasteiger partial charge in [0.1, 0.15) is 11.5 Å². The van der Waals surface area contributed by atoms with Crippen molar-refractivity contribution in [2.24, 2.45) is 0 Å². The first-order chi connectivity index (χ1) is 12.5. The van der Waals surface area contributed by atoms with E-state index in [-0.39, 0.29) is 12.3 Å². The number of nitrogens with zero attached hydrogens (tertiary/aromatic N) is 6. The van der Waals surface area contributed by atoms with E-state index in [1.807, 2.05) is 24.3 Å². The highest BCUT2D eigenvalue weighted by Crippen LogP contribution is 2.24. The van der Waals surface area contributed by atoms with Crippen molar-refractivity contribution in [2.45, 2.75) is 26.3 Å². The van der Waals surface area contributed by atoms with Crippen LogP contribution in [-0.4, -0.2) is 37.5 Å². The predicted molar refractivity (Wildman–Crippen MR) is 93.4 cm³/mol. The molecule has 1 aromatic carbocycles. The number of aromatic nitrogens is 5. The topological polar surface area (TPSA) is 107 Å². The van der Waals surface area contributed by atoms with Crippen LogP contribution in [0, 0.1) is 18.3 Å². The van der Waals surface area contributed by atoms with E-state index in [9.17, 15) is 10.1 Å². The first-order valence-electron chi connectivity index (χ1n) is 7.92. The summed E-state index contributed by atoms with van der Waals surface area (Å²) in [5.74, 6) is -1.46.